The van der Waals surface area contributed by atoms with E-state index >= 15 is 0 Å². The zero-order valence-corrected chi connectivity index (χ0v) is 18.4. The SMILES string of the molecule is N#CN=C1C=C(c2cc(C(F)(F)F)cc(C(F)(F)F)c2)C(=NC#N)C=C1c1cc(CF)cc(C(F)(F)F)c1. The molecule has 196 valence electrons. The minimum Gasteiger partial charge on any atom is -0.246 e. The van der Waals surface area contributed by atoms with Gasteiger partial charge in [-0.15, -0.1) is 0 Å². The molecule has 0 saturated carbocycles. The Hall–Kier alpha value is -4.46. The van der Waals surface area contributed by atoms with Crippen molar-refractivity contribution in [2.75, 3.05) is 0 Å². The molecule has 0 N–H and O–H groups in total. The quantitative estimate of drug-likeness (QED) is 0.228. The first-order chi connectivity index (χ1) is 17.6. The molecule has 2 aromatic carbocycles. The third-order valence-electron chi connectivity index (χ3n) is 5.14. The van der Waals surface area contributed by atoms with Crippen LogP contribution in [0.25, 0.3) is 11.1 Å². The van der Waals surface area contributed by atoms with Crippen molar-refractivity contribution in [3.63, 3.8) is 0 Å². The highest BCUT2D eigenvalue weighted by molar-refractivity contribution is 6.47. The molecule has 2 aromatic rings. The molecule has 0 atom stereocenters. The summed E-state index contributed by atoms with van der Waals surface area (Å²) in [6.07, 6.45) is -11.0. The summed E-state index contributed by atoms with van der Waals surface area (Å²) in [5.41, 5.74) is -7.95. The minimum atomic E-state index is -5.21. The predicted octanol–water partition coefficient (Wildman–Crippen LogP) is 7.54. The van der Waals surface area contributed by atoms with Gasteiger partial charge in [0.2, 0.25) is 12.4 Å². The highest BCUT2D eigenvalue weighted by Crippen LogP contribution is 2.40. The Kier molecular flexibility index (Phi) is 7.49. The molecule has 0 aromatic heterocycles. The van der Waals surface area contributed by atoms with Gasteiger partial charge in [-0.25, -0.2) is 4.39 Å². The molecule has 0 spiro atoms. The van der Waals surface area contributed by atoms with Gasteiger partial charge in [0.15, 0.2) is 0 Å². The van der Waals surface area contributed by atoms with Crippen LogP contribution < -0.4 is 0 Å². The van der Waals surface area contributed by atoms with E-state index in [-0.39, 0.29) is 17.2 Å². The van der Waals surface area contributed by atoms with E-state index in [4.69, 9.17) is 10.5 Å². The summed E-state index contributed by atoms with van der Waals surface area (Å²) in [5, 5.41) is 18.2. The van der Waals surface area contributed by atoms with Crippen molar-refractivity contribution in [1.29, 1.82) is 10.5 Å². The van der Waals surface area contributed by atoms with Crippen LogP contribution >= 0.6 is 0 Å². The molecule has 0 heterocycles. The fourth-order valence-electron chi connectivity index (χ4n) is 3.53. The summed E-state index contributed by atoms with van der Waals surface area (Å²) in [5.74, 6) is 0. The van der Waals surface area contributed by atoms with Crippen LogP contribution in [0.4, 0.5) is 43.9 Å². The standard InChI is InChI=1S/C24H10F10N4/c25-9-12-1-13(3-15(2-12)22(26,27)28)18-7-21(38-11-36)19(8-20(18)37-10-35)14-4-16(23(29,30)31)6-17(5-14)24(32,33)34/h1-8H,9H2. The average molecular weight is 544 g/mol. The zero-order valence-electron chi connectivity index (χ0n) is 18.4. The van der Waals surface area contributed by atoms with Crippen molar-refractivity contribution in [3.05, 3.63) is 81.9 Å². The Morgan fingerprint density at radius 3 is 1.29 bits per heavy atom. The highest BCUT2D eigenvalue weighted by atomic mass is 19.4. The van der Waals surface area contributed by atoms with Gasteiger partial charge < -0.3 is 0 Å². The monoisotopic (exact) mass is 544 g/mol. The van der Waals surface area contributed by atoms with E-state index in [2.05, 4.69) is 9.98 Å². The van der Waals surface area contributed by atoms with Gasteiger partial charge >= 0.3 is 18.5 Å². The molecule has 0 unspecified atom stereocenters. The molecule has 38 heavy (non-hydrogen) atoms. The largest absolute Gasteiger partial charge is 0.416 e. The molecule has 0 radical (unpaired) electrons. The number of hydrogen-bond acceptors (Lipinski definition) is 4. The van der Waals surface area contributed by atoms with E-state index < -0.39 is 70.0 Å². The maximum Gasteiger partial charge on any atom is 0.416 e. The van der Waals surface area contributed by atoms with E-state index in [1.165, 1.54) is 12.4 Å². The lowest BCUT2D eigenvalue weighted by atomic mass is 9.86. The van der Waals surface area contributed by atoms with Gasteiger partial charge in [-0.2, -0.15) is 60.0 Å². The number of benzene rings is 2. The second-order valence-electron chi connectivity index (χ2n) is 7.65. The van der Waals surface area contributed by atoms with E-state index in [1.54, 1.807) is 0 Å². The molecule has 0 amide bonds. The molecule has 3 rings (SSSR count). The lowest BCUT2D eigenvalue weighted by molar-refractivity contribution is -0.143. The van der Waals surface area contributed by atoms with Crippen LogP contribution in [0.1, 0.15) is 33.4 Å². The van der Waals surface area contributed by atoms with Gasteiger partial charge in [0, 0.05) is 11.1 Å². The number of rotatable bonds is 3. The molecule has 14 heteroatoms. The molecular weight excluding hydrogens is 534 g/mol. The molecule has 0 aliphatic heterocycles. The van der Waals surface area contributed by atoms with Gasteiger partial charge in [0.25, 0.3) is 0 Å². The van der Waals surface area contributed by atoms with Crippen LogP contribution in [0.5, 0.6) is 0 Å². The molecule has 0 fully saturated rings. The Bertz CT molecular complexity index is 1440. The molecule has 1 aliphatic rings. The van der Waals surface area contributed by atoms with Gasteiger partial charge in [0.05, 0.1) is 28.1 Å². The predicted molar refractivity (Wildman–Crippen MR) is 115 cm³/mol. The third-order valence-corrected chi connectivity index (χ3v) is 5.14. The van der Waals surface area contributed by atoms with Crippen LogP contribution in [0.2, 0.25) is 0 Å². The van der Waals surface area contributed by atoms with E-state index in [1.807, 2.05) is 0 Å². The molecule has 1 aliphatic carbocycles. The van der Waals surface area contributed by atoms with Gasteiger partial charge in [-0.1, -0.05) is 0 Å². The lowest BCUT2D eigenvalue weighted by Gasteiger charge is -2.20. The smallest absolute Gasteiger partial charge is 0.246 e. The lowest BCUT2D eigenvalue weighted by Crippen LogP contribution is -2.16. The van der Waals surface area contributed by atoms with Gasteiger partial charge in [-0.3, -0.25) is 0 Å². The van der Waals surface area contributed by atoms with Gasteiger partial charge in [0.1, 0.15) is 6.67 Å². The highest BCUT2D eigenvalue weighted by Gasteiger charge is 2.38. The normalized spacial score (nSPS) is 16.6. The Morgan fingerprint density at radius 1 is 0.579 bits per heavy atom. The first-order valence-electron chi connectivity index (χ1n) is 10.0. The van der Waals surface area contributed by atoms with E-state index in [0.29, 0.717) is 24.3 Å². The van der Waals surface area contributed by atoms with Crippen LogP contribution in [-0.4, -0.2) is 11.4 Å². The van der Waals surface area contributed by atoms with Crippen LogP contribution in [-0.2, 0) is 25.2 Å². The second kappa shape index (κ2) is 10.1. The first-order valence-corrected chi connectivity index (χ1v) is 10.0. The summed E-state index contributed by atoms with van der Waals surface area (Å²) < 4.78 is 134. The topological polar surface area (TPSA) is 72.3 Å². The molecule has 0 bridgehead atoms. The summed E-state index contributed by atoms with van der Waals surface area (Å²) in [4.78, 5) is 6.81. The average Bonchev–Trinajstić information content (AvgIpc) is 2.82. The van der Waals surface area contributed by atoms with Crippen molar-refractivity contribution in [3.8, 4) is 12.4 Å². The fourth-order valence-corrected chi connectivity index (χ4v) is 3.53. The Morgan fingerprint density at radius 2 is 0.947 bits per heavy atom. The van der Waals surface area contributed by atoms with Crippen LogP contribution in [0, 0.1) is 22.9 Å². The third kappa shape index (κ3) is 6.08. The summed E-state index contributed by atoms with van der Waals surface area (Å²) >= 11 is 0. The van der Waals surface area contributed by atoms with Crippen molar-refractivity contribution in [2.45, 2.75) is 25.2 Å². The molecule has 0 saturated heterocycles. The Balaban J connectivity index is 2.31. The number of nitriles is 2. The van der Waals surface area contributed by atoms with Crippen molar-refractivity contribution in [2.24, 2.45) is 9.98 Å². The van der Waals surface area contributed by atoms with E-state index in [0.717, 1.165) is 18.2 Å². The summed E-state index contributed by atoms with van der Waals surface area (Å²) in [6.45, 7) is -1.32. The van der Waals surface area contributed by atoms with Crippen LogP contribution in [0.15, 0.2) is 58.5 Å². The first kappa shape index (κ1) is 28.1. The fraction of sp³-hybridized carbons (Fsp3) is 0.167. The maximum absolute atomic E-state index is 13.4. The summed E-state index contributed by atoms with van der Waals surface area (Å²) in [7, 11) is 0. The Labute approximate surface area is 207 Å². The number of aliphatic imine (C=N–C) groups is 2. The number of halogens is 10. The number of nitrogens with zero attached hydrogens (tertiary/aromatic N) is 4. The second-order valence-corrected chi connectivity index (χ2v) is 7.65. The zero-order chi connectivity index (χ0) is 28.5. The molecule has 4 nitrogen and oxygen atoms in total. The van der Waals surface area contributed by atoms with Crippen molar-refractivity contribution >= 4 is 22.6 Å². The minimum absolute atomic E-state index is 0.124. The van der Waals surface area contributed by atoms with Gasteiger partial charge in [-0.05, 0) is 65.2 Å². The summed E-state index contributed by atoms with van der Waals surface area (Å²) in [6, 6.07) is 2.65. The number of allylic oxidation sites excluding steroid dienone is 4. The van der Waals surface area contributed by atoms with Crippen molar-refractivity contribution < 1.29 is 43.9 Å². The van der Waals surface area contributed by atoms with Crippen LogP contribution in [0.3, 0.4) is 0 Å². The molecular formula is C24H10F10N4. The maximum atomic E-state index is 13.4. The van der Waals surface area contributed by atoms with Crippen molar-refractivity contribution in [1.82, 2.24) is 0 Å². The number of alkyl halides is 10. The number of hydrogen-bond donors (Lipinski definition) is 0. The van der Waals surface area contributed by atoms with E-state index in [9.17, 15) is 43.9 Å².